The van der Waals surface area contributed by atoms with Crippen molar-refractivity contribution in [1.82, 2.24) is 35.2 Å². The molecule has 2 aliphatic carbocycles. The molecule has 3 unspecified atom stereocenters. The molecule has 2 aromatic carbocycles. The summed E-state index contributed by atoms with van der Waals surface area (Å²) in [5.74, 6) is 0.0588. The fourth-order valence-corrected chi connectivity index (χ4v) is 9.73. The minimum Gasteiger partial charge on any atom is -0.437 e. The van der Waals surface area contributed by atoms with Crippen molar-refractivity contribution >= 4 is 68.0 Å². The summed E-state index contributed by atoms with van der Waals surface area (Å²) >= 11 is 19.7. The number of piperazine rings is 2. The van der Waals surface area contributed by atoms with Gasteiger partial charge in [-0.05, 0) is 141 Å². The molecule has 0 spiro atoms. The highest BCUT2D eigenvalue weighted by Gasteiger charge is 2.35. The second-order valence-corrected chi connectivity index (χ2v) is 17.5. The number of benzene rings is 2. The van der Waals surface area contributed by atoms with Gasteiger partial charge < -0.3 is 20.5 Å². The molecule has 0 saturated carbocycles. The molecule has 1 amide bonds. The third-order valence-electron chi connectivity index (χ3n) is 11.2. The molecule has 2 aromatic heterocycles. The van der Waals surface area contributed by atoms with Gasteiger partial charge in [-0.2, -0.15) is 0 Å². The lowest BCUT2D eigenvalue weighted by atomic mass is 9.86. The Hall–Kier alpha value is -2.39. The van der Waals surface area contributed by atoms with Crippen LogP contribution in [0, 0.1) is 0 Å². The van der Waals surface area contributed by atoms with Gasteiger partial charge in [-0.25, -0.2) is 0 Å². The van der Waals surface area contributed by atoms with Crippen molar-refractivity contribution in [2.24, 2.45) is 0 Å². The normalized spacial score (nSPS) is 20.4. The number of nitrogens with one attached hydrogen (secondary N) is 2. The molecule has 2 aliphatic heterocycles. The van der Waals surface area contributed by atoms with Gasteiger partial charge in [0.1, 0.15) is 0 Å². The number of carbonyl (C=O) groups excluding carboxylic acids is 1. The lowest BCUT2D eigenvalue weighted by molar-refractivity contribution is -0.135. The minimum atomic E-state index is -0.707. The maximum atomic E-state index is 13.0. The van der Waals surface area contributed by atoms with Crippen LogP contribution in [0.15, 0.2) is 69.9 Å². The predicted octanol–water partition coefficient (Wildman–Crippen LogP) is 6.90. The fraction of sp³-hybridized carbons (Fsp3) is 0.439. The summed E-state index contributed by atoms with van der Waals surface area (Å²) in [6.07, 6.45) is 8.33. The second-order valence-electron chi connectivity index (χ2n) is 14.8. The first-order chi connectivity index (χ1) is 26.6. The highest BCUT2D eigenvalue weighted by Crippen LogP contribution is 2.39. The molecule has 290 valence electrons. The molecule has 0 bridgehead atoms. The van der Waals surface area contributed by atoms with Crippen LogP contribution in [0.3, 0.4) is 0 Å². The Morgan fingerprint density at radius 2 is 1.27 bits per heavy atom. The van der Waals surface area contributed by atoms with Crippen LogP contribution in [0.25, 0.3) is 0 Å². The number of amides is 1. The lowest BCUT2D eigenvalue weighted by Crippen LogP contribution is -2.56. The van der Waals surface area contributed by atoms with Gasteiger partial charge in [-0.1, -0.05) is 42.3 Å². The molecule has 55 heavy (non-hydrogen) atoms. The van der Waals surface area contributed by atoms with E-state index in [4.69, 9.17) is 33.2 Å². The first-order valence-corrected chi connectivity index (χ1v) is 21.7. The van der Waals surface area contributed by atoms with Crippen LogP contribution in [0.2, 0.25) is 16.9 Å². The van der Waals surface area contributed by atoms with E-state index in [0.29, 0.717) is 19.5 Å². The first kappa shape index (κ1) is 40.8. The number of fused-ring (bicyclic) bond motifs is 4. The number of carbonyl (C=O) groups is 1. The van der Waals surface area contributed by atoms with Crippen molar-refractivity contribution < 1.29 is 9.82 Å². The van der Waals surface area contributed by atoms with E-state index < -0.39 is 7.05 Å². The molecular formula is C41H48BBr2Cl2N7O2. The summed E-state index contributed by atoms with van der Waals surface area (Å²) in [4.78, 5) is 29.5. The van der Waals surface area contributed by atoms with E-state index in [2.05, 4.69) is 88.6 Å². The molecule has 14 heteroatoms. The zero-order chi connectivity index (χ0) is 38.6. The SMILES string of the molecule is CCC(NB(C)O)C(=O)N1CCN(C2c3ccc(Cl)cc3CCc3cc(Br)cnc32)CC1.Clc1ccc2c(c1)CCc1cc(Br)cnc1C2N1CCNCC1. The molecule has 4 aromatic rings. The standard InChI is InChI=1S/C23H29BBrClN4O2.C18H19BrClN3/c1-3-20(28-24(2)32)23(31)30-10-8-29(9-11-30)22-19-7-6-18(26)13-15(19)4-5-16-12-17(25)14-27-21(16)22;19-14-9-13-2-1-12-10-15(20)3-4-16(12)18(17(13)22-11-14)23-7-5-21-6-8-23/h6-7,12-14,20,22,28,32H,3-5,8-11H2,1-2H3;3-4,9-11,18,21H,1-2,5-8H2. The van der Waals surface area contributed by atoms with Crippen LogP contribution in [0.5, 0.6) is 0 Å². The molecule has 2 fully saturated rings. The van der Waals surface area contributed by atoms with Crippen molar-refractivity contribution in [2.75, 3.05) is 52.4 Å². The Bertz CT molecular complexity index is 1890. The van der Waals surface area contributed by atoms with Gasteiger partial charge in [-0.15, -0.1) is 0 Å². The van der Waals surface area contributed by atoms with Crippen LogP contribution in [-0.4, -0.2) is 101 Å². The number of nitrogens with zero attached hydrogens (tertiary/aromatic N) is 5. The van der Waals surface area contributed by atoms with Gasteiger partial charge in [0.2, 0.25) is 5.91 Å². The van der Waals surface area contributed by atoms with Gasteiger partial charge >= 0.3 is 7.05 Å². The Labute approximate surface area is 352 Å². The molecule has 2 saturated heterocycles. The van der Waals surface area contributed by atoms with E-state index >= 15 is 0 Å². The number of hydrogen-bond acceptors (Lipinski definition) is 8. The highest BCUT2D eigenvalue weighted by atomic mass is 79.9. The Morgan fingerprint density at radius 3 is 1.75 bits per heavy atom. The van der Waals surface area contributed by atoms with Gasteiger partial charge in [0.05, 0.1) is 29.5 Å². The Morgan fingerprint density at radius 1 is 0.800 bits per heavy atom. The summed E-state index contributed by atoms with van der Waals surface area (Å²) in [6, 6.07) is 16.8. The third-order valence-corrected chi connectivity index (χ3v) is 12.6. The number of aryl methyl sites for hydroxylation is 4. The first-order valence-electron chi connectivity index (χ1n) is 19.4. The maximum absolute atomic E-state index is 13.0. The van der Waals surface area contributed by atoms with E-state index in [9.17, 15) is 9.82 Å². The molecule has 9 nitrogen and oxygen atoms in total. The van der Waals surface area contributed by atoms with E-state index in [-0.39, 0.29) is 24.0 Å². The van der Waals surface area contributed by atoms with Gasteiger partial charge in [0, 0.05) is 83.7 Å². The molecular weight excluding hydrogens is 864 g/mol. The highest BCUT2D eigenvalue weighted by molar-refractivity contribution is 9.10. The number of aromatic nitrogens is 2. The summed E-state index contributed by atoms with van der Waals surface area (Å²) in [7, 11) is -0.707. The lowest BCUT2D eigenvalue weighted by Gasteiger charge is -2.40. The Kier molecular flexibility index (Phi) is 13.7. The van der Waals surface area contributed by atoms with Gasteiger partial charge in [0.25, 0.3) is 0 Å². The largest absolute Gasteiger partial charge is 0.437 e. The zero-order valence-electron chi connectivity index (χ0n) is 31.4. The quantitative estimate of drug-likeness (QED) is 0.180. The monoisotopic (exact) mass is 909 g/mol. The summed E-state index contributed by atoms with van der Waals surface area (Å²) < 4.78 is 2.05. The minimum absolute atomic E-state index is 0.0441. The van der Waals surface area contributed by atoms with Crippen LogP contribution in [-0.2, 0) is 30.5 Å². The number of halogens is 4. The molecule has 4 aliphatic rings. The van der Waals surface area contributed by atoms with Crippen molar-refractivity contribution in [3.63, 3.8) is 0 Å². The number of pyridine rings is 2. The van der Waals surface area contributed by atoms with E-state index in [0.717, 1.165) is 89.6 Å². The van der Waals surface area contributed by atoms with Crippen molar-refractivity contribution in [1.29, 1.82) is 0 Å². The van der Waals surface area contributed by atoms with Gasteiger partial charge in [0.15, 0.2) is 0 Å². The average Bonchev–Trinajstić information content (AvgIpc) is 3.44. The topological polar surface area (TPSA) is 96.9 Å². The van der Waals surface area contributed by atoms with E-state index in [1.54, 1.807) is 6.82 Å². The average molecular weight is 912 g/mol. The smallest absolute Gasteiger partial charge is 0.374 e. The second kappa shape index (κ2) is 18.5. The summed E-state index contributed by atoms with van der Waals surface area (Å²) in [5, 5.41) is 17.7. The summed E-state index contributed by atoms with van der Waals surface area (Å²) in [5.41, 5.74) is 10.1. The van der Waals surface area contributed by atoms with Crippen LogP contribution >= 0.6 is 55.1 Å². The number of rotatable bonds is 6. The van der Waals surface area contributed by atoms with Crippen molar-refractivity contribution in [2.45, 2.75) is 64.0 Å². The van der Waals surface area contributed by atoms with E-state index in [1.165, 1.54) is 39.1 Å². The summed E-state index contributed by atoms with van der Waals surface area (Å²) in [6.45, 7) is 10.6. The van der Waals surface area contributed by atoms with Gasteiger partial charge in [-0.3, -0.25) is 24.6 Å². The fourth-order valence-electron chi connectivity index (χ4n) is 8.58. The molecule has 3 N–H and O–H groups in total. The number of hydrogen-bond donors (Lipinski definition) is 3. The molecule has 8 rings (SSSR count). The van der Waals surface area contributed by atoms with Crippen LogP contribution < -0.4 is 10.5 Å². The van der Waals surface area contributed by atoms with Crippen molar-refractivity contribution in [3.8, 4) is 0 Å². The van der Waals surface area contributed by atoms with Crippen molar-refractivity contribution in [3.05, 3.63) is 125 Å². The predicted molar refractivity (Wildman–Crippen MR) is 229 cm³/mol. The molecule has 0 radical (unpaired) electrons. The Balaban J connectivity index is 0.000000178. The third kappa shape index (κ3) is 9.51. The van der Waals surface area contributed by atoms with Crippen LogP contribution in [0.1, 0.15) is 70.2 Å². The molecule has 4 heterocycles. The van der Waals surface area contributed by atoms with Crippen LogP contribution in [0.4, 0.5) is 0 Å². The maximum Gasteiger partial charge on any atom is 0.374 e. The molecule has 3 atom stereocenters. The zero-order valence-corrected chi connectivity index (χ0v) is 36.1. The van der Waals surface area contributed by atoms with E-state index in [1.807, 2.05) is 36.4 Å².